The van der Waals surface area contributed by atoms with Crippen LogP contribution in [-0.4, -0.2) is 35.7 Å². The maximum absolute atomic E-state index is 13.5. The number of amides is 1. The number of benzene rings is 2. The zero-order chi connectivity index (χ0) is 24.6. The Kier molecular flexibility index (Phi) is 6.15. The summed E-state index contributed by atoms with van der Waals surface area (Å²) in [4.78, 5) is 30.9. The average Bonchev–Trinajstić information content (AvgIpc) is 3.33. The van der Waals surface area contributed by atoms with E-state index in [0.29, 0.717) is 16.5 Å². The summed E-state index contributed by atoms with van der Waals surface area (Å²) in [5.41, 5.74) is 0.817. The molecule has 4 rings (SSSR count). The molecule has 11 heteroatoms. The molecule has 2 heterocycles. The molecule has 1 N–H and O–H groups in total. The van der Waals surface area contributed by atoms with Crippen LogP contribution < -0.4 is 15.2 Å². The van der Waals surface area contributed by atoms with Crippen molar-refractivity contribution in [1.82, 2.24) is 14.3 Å². The smallest absolute Gasteiger partial charge is 0.296 e. The molecule has 0 bridgehead atoms. The number of rotatable bonds is 6. The van der Waals surface area contributed by atoms with Gasteiger partial charge in [0.2, 0.25) is 0 Å². The highest BCUT2D eigenvalue weighted by molar-refractivity contribution is 7.92. The van der Waals surface area contributed by atoms with Gasteiger partial charge in [0, 0.05) is 30.7 Å². The molecule has 0 aliphatic heterocycles. The summed E-state index contributed by atoms with van der Waals surface area (Å²) in [6, 6.07) is 14.7. The maximum atomic E-state index is 13.5. The number of thiazole rings is 1. The lowest BCUT2D eigenvalue weighted by Crippen LogP contribution is -2.32. The Balaban J connectivity index is 1.70. The van der Waals surface area contributed by atoms with Crippen LogP contribution in [0.2, 0.25) is 0 Å². The first-order valence-electron chi connectivity index (χ1n) is 10.3. The molecule has 9 nitrogen and oxygen atoms in total. The molecule has 0 aliphatic rings. The topological polar surface area (TPSA) is 106 Å². The van der Waals surface area contributed by atoms with Gasteiger partial charge in [-0.3, -0.25) is 23.9 Å². The lowest BCUT2D eigenvalue weighted by molar-refractivity contribution is 0.102. The van der Waals surface area contributed by atoms with Gasteiger partial charge in [-0.25, -0.2) is 18.1 Å². The molecule has 1 amide bonds. The molecule has 0 fully saturated rings. The van der Waals surface area contributed by atoms with Crippen molar-refractivity contribution in [3.8, 4) is 5.69 Å². The fourth-order valence-electron chi connectivity index (χ4n) is 3.57. The number of carbonyl (C=O) groups is 1. The molecule has 34 heavy (non-hydrogen) atoms. The predicted octanol–water partition coefficient (Wildman–Crippen LogP) is 3.33. The van der Waals surface area contributed by atoms with Crippen molar-refractivity contribution in [3.63, 3.8) is 0 Å². The van der Waals surface area contributed by atoms with E-state index in [0.717, 1.165) is 9.18 Å². The number of aryl methyl sites for hydroxylation is 1. The van der Waals surface area contributed by atoms with E-state index in [-0.39, 0.29) is 16.1 Å². The lowest BCUT2D eigenvalue weighted by atomic mass is 10.2. The van der Waals surface area contributed by atoms with Crippen molar-refractivity contribution in [2.75, 3.05) is 16.7 Å². The molecule has 0 saturated carbocycles. The first kappa shape index (κ1) is 23.5. The van der Waals surface area contributed by atoms with Crippen LogP contribution >= 0.6 is 11.3 Å². The van der Waals surface area contributed by atoms with E-state index in [2.05, 4.69) is 10.3 Å². The molecule has 2 aromatic heterocycles. The van der Waals surface area contributed by atoms with E-state index >= 15 is 0 Å². The zero-order valence-electron chi connectivity index (χ0n) is 19.0. The van der Waals surface area contributed by atoms with Gasteiger partial charge in [0.15, 0.2) is 5.13 Å². The summed E-state index contributed by atoms with van der Waals surface area (Å²) >= 11 is 1.32. The normalized spacial score (nSPS) is 11.4. The van der Waals surface area contributed by atoms with Crippen molar-refractivity contribution in [2.24, 2.45) is 7.05 Å². The zero-order valence-corrected chi connectivity index (χ0v) is 20.6. The second-order valence-electron chi connectivity index (χ2n) is 7.64. The third kappa shape index (κ3) is 4.15. The standard InChI is InChI=1S/C23H23N5O4S2/c1-15-14-24-23(33-15)25-21(29)17-9-8-12-19(13-17)34(31,32)27(4)20-16(2)26(3)28(22(20)30)18-10-6-5-7-11-18/h5-14H,1-4H3,(H,24,25,29). The van der Waals surface area contributed by atoms with Gasteiger partial charge < -0.3 is 0 Å². The molecular formula is C23H23N5O4S2. The summed E-state index contributed by atoms with van der Waals surface area (Å²) in [5, 5.41) is 3.09. The highest BCUT2D eigenvalue weighted by atomic mass is 32.2. The molecule has 0 radical (unpaired) electrons. The lowest BCUT2D eigenvalue weighted by Gasteiger charge is -2.18. The van der Waals surface area contributed by atoms with Crippen molar-refractivity contribution in [1.29, 1.82) is 0 Å². The highest BCUT2D eigenvalue weighted by Gasteiger charge is 2.29. The van der Waals surface area contributed by atoms with Crippen molar-refractivity contribution >= 4 is 38.1 Å². The number of hydrogen-bond donors (Lipinski definition) is 1. The van der Waals surface area contributed by atoms with Crippen molar-refractivity contribution in [2.45, 2.75) is 18.7 Å². The van der Waals surface area contributed by atoms with E-state index in [4.69, 9.17) is 0 Å². The minimum absolute atomic E-state index is 0.0273. The number of anilines is 2. The first-order chi connectivity index (χ1) is 16.1. The SMILES string of the molecule is Cc1cnc(NC(=O)c2cccc(S(=O)(=O)N(C)c3c(C)n(C)n(-c4ccccc4)c3=O)c2)s1. The van der Waals surface area contributed by atoms with Crippen LogP contribution in [0.15, 0.2) is 70.5 Å². The van der Waals surface area contributed by atoms with Gasteiger partial charge in [-0.05, 0) is 44.2 Å². The van der Waals surface area contributed by atoms with Crippen LogP contribution in [0.3, 0.4) is 0 Å². The van der Waals surface area contributed by atoms with Crippen molar-refractivity contribution < 1.29 is 13.2 Å². The molecular weight excluding hydrogens is 474 g/mol. The molecule has 0 spiro atoms. The number of nitrogens with one attached hydrogen (secondary N) is 1. The summed E-state index contributed by atoms with van der Waals surface area (Å²) in [6.07, 6.45) is 1.64. The van der Waals surface area contributed by atoms with Gasteiger partial charge in [-0.1, -0.05) is 24.3 Å². The minimum Gasteiger partial charge on any atom is -0.298 e. The van der Waals surface area contributed by atoms with Crippen LogP contribution in [0.1, 0.15) is 20.9 Å². The van der Waals surface area contributed by atoms with Crippen LogP contribution in [0.4, 0.5) is 10.8 Å². The van der Waals surface area contributed by atoms with E-state index < -0.39 is 21.5 Å². The molecule has 0 unspecified atom stereocenters. The fraction of sp³-hybridized carbons (Fsp3) is 0.174. The molecule has 0 aliphatic carbocycles. The number of aromatic nitrogens is 3. The van der Waals surface area contributed by atoms with Gasteiger partial charge in [-0.15, -0.1) is 11.3 Å². The molecule has 176 valence electrons. The van der Waals surface area contributed by atoms with Gasteiger partial charge in [0.1, 0.15) is 5.69 Å². The predicted molar refractivity (Wildman–Crippen MR) is 133 cm³/mol. The number of para-hydroxylation sites is 1. The van der Waals surface area contributed by atoms with E-state index in [1.54, 1.807) is 49.1 Å². The monoisotopic (exact) mass is 497 g/mol. The number of nitrogens with zero attached hydrogens (tertiary/aromatic N) is 4. The molecule has 0 saturated heterocycles. The third-order valence-electron chi connectivity index (χ3n) is 5.44. The van der Waals surface area contributed by atoms with Gasteiger partial charge in [-0.2, -0.15) is 0 Å². The minimum atomic E-state index is -4.13. The summed E-state index contributed by atoms with van der Waals surface area (Å²) in [5.74, 6) is -0.476. The Labute approximate surface area is 200 Å². The quantitative estimate of drug-likeness (QED) is 0.440. The number of sulfonamides is 1. The van der Waals surface area contributed by atoms with E-state index in [1.807, 2.05) is 13.0 Å². The Morgan fingerprint density at radius 3 is 2.44 bits per heavy atom. The van der Waals surface area contributed by atoms with Gasteiger partial charge in [0.05, 0.1) is 16.3 Å². The first-order valence-corrected chi connectivity index (χ1v) is 12.5. The summed E-state index contributed by atoms with van der Waals surface area (Å²) in [7, 11) is -1.11. The summed E-state index contributed by atoms with van der Waals surface area (Å²) in [6.45, 7) is 3.55. The van der Waals surface area contributed by atoms with Crippen LogP contribution in [0.25, 0.3) is 5.69 Å². The van der Waals surface area contributed by atoms with Crippen LogP contribution in [0.5, 0.6) is 0 Å². The molecule has 2 aromatic carbocycles. The van der Waals surface area contributed by atoms with Gasteiger partial charge >= 0.3 is 0 Å². The molecule has 0 atom stereocenters. The number of carbonyl (C=O) groups excluding carboxylic acids is 1. The third-order valence-corrected chi connectivity index (χ3v) is 8.02. The Morgan fingerprint density at radius 2 is 1.79 bits per heavy atom. The average molecular weight is 498 g/mol. The van der Waals surface area contributed by atoms with Crippen molar-refractivity contribution in [3.05, 3.63) is 87.3 Å². The van der Waals surface area contributed by atoms with E-state index in [9.17, 15) is 18.0 Å². The van der Waals surface area contributed by atoms with Gasteiger partial charge in [0.25, 0.3) is 21.5 Å². The number of hydrogen-bond acceptors (Lipinski definition) is 6. The summed E-state index contributed by atoms with van der Waals surface area (Å²) < 4.78 is 30.9. The largest absolute Gasteiger partial charge is 0.298 e. The fourth-order valence-corrected chi connectivity index (χ4v) is 5.53. The van der Waals surface area contributed by atoms with Crippen LogP contribution in [0, 0.1) is 13.8 Å². The van der Waals surface area contributed by atoms with E-state index in [1.165, 1.54) is 47.3 Å². The Morgan fingerprint density at radius 1 is 1.09 bits per heavy atom. The second kappa shape index (κ2) is 8.92. The molecule has 4 aromatic rings. The maximum Gasteiger partial charge on any atom is 0.296 e. The Hall–Kier alpha value is -3.70. The highest BCUT2D eigenvalue weighted by Crippen LogP contribution is 2.25. The second-order valence-corrected chi connectivity index (χ2v) is 10.8. The Bertz CT molecular complexity index is 1540. The van der Waals surface area contributed by atoms with Crippen LogP contribution in [-0.2, 0) is 17.1 Å².